The van der Waals surface area contributed by atoms with E-state index in [9.17, 15) is 14.0 Å². The van der Waals surface area contributed by atoms with Crippen molar-refractivity contribution in [3.63, 3.8) is 0 Å². The lowest BCUT2D eigenvalue weighted by Gasteiger charge is -2.29. The molecule has 5 nitrogen and oxygen atoms in total. The number of amides is 2. The first kappa shape index (κ1) is 24.4. The number of benzene rings is 2. The van der Waals surface area contributed by atoms with Gasteiger partial charge < -0.3 is 15.0 Å². The summed E-state index contributed by atoms with van der Waals surface area (Å²) in [4.78, 5) is 27.3. The van der Waals surface area contributed by atoms with Crippen LogP contribution in [0.3, 0.4) is 0 Å². The summed E-state index contributed by atoms with van der Waals surface area (Å²) in [6.45, 7) is 11.5. The first-order valence-electron chi connectivity index (χ1n) is 10.7. The predicted molar refractivity (Wildman–Crippen MR) is 120 cm³/mol. The number of nitrogens with one attached hydrogen (secondary N) is 1. The van der Waals surface area contributed by atoms with Crippen molar-refractivity contribution < 1.29 is 18.7 Å². The molecule has 0 bridgehead atoms. The first-order valence-corrected chi connectivity index (χ1v) is 10.7. The van der Waals surface area contributed by atoms with E-state index in [0.29, 0.717) is 5.75 Å². The summed E-state index contributed by atoms with van der Waals surface area (Å²) in [6, 6.07) is 9.19. The number of hydrogen-bond donors (Lipinski definition) is 1. The Morgan fingerprint density at radius 1 is 1.10 bits per heavy atom. The van der Waals surface area contributed by atoms with E-state index in [1.54, 1.807) is 19.1 Å². The van der Waals surface area contributed by atoms with Crippen LogP contribution in [-0.2, 0) is 16.1 Å². The molecule has 0 aromatic heterocycles. The van der Waals surface area contributed by atoms with Crippen LogP contribution in [0.25, 0.3) is 0 Å². The van der Waals surface area contributed by atoms with Gasteiger partial charge in [-0.1, -0.05) is 25.1 Å². The minimum atomic E-state index is -0.699. The molecule has 2 atom stereocenters. The van der Waals surface area contributed by atoms with Gasteiger partial charge in [0, 0.05) is 12.6 Å². The average Bonchev–Trinajstić information content (AvgIpc) is 2.73. The second-order valence-corrected chi connectivity index (χ2v) is 8.14. The second kappa shape index (κ2) is 10.9. The van der Waals surface area contributed by atoms with Crippen molar-refractivity contribution in [1.82, 2.24) is 10.2 Å². The Kier molecular flexibility index (Phi) is 8.60. The summed E-state index contributed by atoms with van der Waals surface area (Å²) in [5.74, 6) is -0.232. The molecule has 31 heavy (non-hydrogen) atoms. The van der Waals surface area contributed by atoms with E-state index >= 15 is 0 Å². The van der Waals surface area contributed by atoms with E-state index in [-0.39, 0.29) is 36.8 Å². The maximum absolute atomic E-state index is 13.3. The van der Waals surface area contributed by atoms with Gasteiger partial charge in [0.05, 0.1) is 0 Å². The van der Waals surface area contributed by atoms with Crippen LogP contribution in [0.1, 0.15) is 49.4 Å². The van der Waals surface area contributed by atoms with E-state index in [0.717, 1.165) is 28.7 Å². The smallest absolute Gasteiger partial charge is 0.261 e. The maximum atomic E-state index is 13.3. The number of carbonyl (C=O) groups is 2. The van der Waals surface area contributed by atoms with E-state index in [1.165, 1.54) is 17.0 Å². The van der Waals surface area contributed by atoms with Crippen molar-refractivity contribution in [1.29, 1.82) is 0 Å². The SMILES string of the molecule is CCC(C)NC(=O)C(C)N(Cc1ccc(F)cc1)C(=O)COc1cc(C)cc(C)c1C. The molecule has 0 aliphatic rings. The number of carbonyl (C=O) groups excluding carboxylic acids is 2. The molecule has 2 amide bonds. The normalized spacial score (nSPS) is 12.7. The highest BCUT2D eigenvalue weighted by Crippen LogP contribution is 2.23. The summed E-state index contributed by atoms with van der Waals surface area (Å²) in [6.07, 6.45) is 0.791. The van der Waals surface area contributed by atoms with E-state index < -0.39 is 6.04 Å². The van der Waals surface area contributed by atoms with Crippen LogP contribution in [-0.4, -0.2) is 35.4 Å². The molecular formula is C25H33FN2O3. The molecule has 2 aromatic rings. The van der Waals surface area contributed by atoms with Crippen LogP contribution in [0.15, 0.2) is 36.4 Å². The molecule has 2 rings (SSSR count). The maximum Gasteiger partial charge on any atom is 0.261 e. The van der Waals surface area contributed by atoms with Gasteiger partial charge in [-0.3, -0.25) is 9.59 Å². The highest BCUT2D eigenvalue weighted by Gasteiger charge is 2.27. The van der Waals surface area contributed by atoms with Crippen molar-refractivity contribution in [3.8, 4) is 5.75 Å². The lowest BCUT2D eigenvalue weighted by Crippen LogP contribution is -2.50. The lowest BCUT2D eigenvalue weighted by molar-refractivity contribution is -0.142. The Hall–Kier alpha value is -2.89. The topological polar surface area (TPSA) is 58.6 Å². The Morgan fingerprint density at radius 3 is 2.35 bits per heavy atom. The van der Waals surface area contributed by atoms with Crippen LogP contribution in [0.5, 0.6) is 5.75 Å². The van der Waals surface area contributed by atoms with Gasteiger partial charge in [0.15, 0.2) is 6.61 Å². The Bertz CT molecular complexity index is 912. The van der Waals surface area contributed by atoms with Crippen molar-refractivity contribution in [2.24, 2.45) is 0 Å². The van der Waals surface area contributed by atoms with Crippen LogP contribution in [0, 0.1) is 26.6 Å². The van der Waals surface area contributed by atoms with Gasteiger partial charge in [-0.2, -0.15) is 0 Å². The van der Waals surface area contributed by atoms with Gasteiger partial charge in [-0.15, -0.1) is 0 Å². The molecule has 168 valence electrons. The van der Waals surface area contributed by atoms with Crippen molar-refractivity contribution >= 4 is 11.8 Å². The van der Waals surface area contributed by atoms with Gasteiger partial charge >= 0.3 is 0 Å². The van der Waals surface area contributed by atoms with E-state index in [1.807, 2.05) is 40.7 Å². The summed E-state index contributed by atoms with van der Waals surface area (Å²) in [5.41, 5.74) is 3.86. The van der Waals surface area contributed by atoms with Gasteiger partial charge in [0.25, 0.3) is 5.91 Å². The minimum absolute atomic E-state index is 0.00638. The third-order valence-electron chi connectivity index (χ3n) is 5.55. The summed E-state index contributed by atoms with van der Waals surface area (Å²) < 4.78 is 19.1. The standard InChI is InChI=1S/C25H33FN2O3/c1-7-18(4)27-25(30)20(6)28(14-21-8-10-22(26)11-9-21)24(29)15-31-23-13-16(2)12-17(3)19(23)5/h8-13,18,20H,7,14-15H2,1-6H3,(H,27,30). The van der Waals surface area contributed by atoms with Crippen molar-refractivity contribution in [2.45, 2.75) is 66.6 Å². The molecule has 0 radical (unpaired) electrons. The molecule has 0 aliphatic carbocycles. The summed E-state index contributed by atoms with van der Waals surface area (Å²) in [7, 11) is 0. The molecule has 0 saturated carbocycles. The molecule has 0 heterocycles. The summed E-state index contributed by atoms with van der Waals surface area (Å²) in [5, 5.41) is 2.92. The highest BCUT2D eigenvalue weighted by molar-refractivity contribution is 5.88. The summed E-state index contributed by atoms with van der Waals surface area (Å²) >= 11 is 0. The molecule has 0 aliphatic heterocycles. The van der Waals surface area contributed by atoms with Crippen molar-refractivity contribution in [2.75, 3.05) is 6.61 Å². The van der Waals surface area contributed by atoms with E-state index in [2.05, 4.69) is 11.4 Å². The fourth-order valence-corrected chi connectivity index (χ4v) is 3.21. The number of halogens is 1. The van der Waals surface area contributed by atoms with Gasteiger partial charge in [-0.05, 0) is 81.5 Å². The quantitative estimate of drug-likeness (QED) is 0.641. The number of hydrogen-bond acceptors (Lipinski definition) is 3. The fourth-order valence-electron chi connectivity index (χ4n) is 3.21. The molecule has 6 heteroatoms. The molecule has 0 spiro atoms. The molecular weight excluding hydrogens is 395 g/mol. The lowest BCUT2D eigenvalue weighted by atomic mass is 10.1. The third-order valence-corrected chi connectivity index (χ3v) is 5.55. The molecule has 2 unspecified atom stereocenters. The van der Waals surface area contributed by atoms with Gasteiger partial charge in [-0.25, -0.2) is 4.39 Å². The zero-order valence-corrected chi connectivity index (χ0v) is 19.3. The molecule has 1 N–H and O–H groups in total. The van der Waals surface area contributed by atoms with E-state index in [4.69, 9.17) is 4.74 Å². The minimum Gasteiger partial charge on any atom is -0.483 e. The van der Waals surface area contributed by atoms with Crippen LogP contribution >= 0.6 is 0 Å². The van der Waals surface area contributed by atoms with Crippen LogP contribution in [0.4, 0.5) is 4.39 Å². The Balaban J connectivity index is 2.20. The molecule has 0 saturated heterocycles. The van der Waals surface area contributed by atoms with Crippen molar-refractivity contribution in [3.05, 3.63) is 64.5 Å². The number of aryl methyl sites for hydroxylation is 2. The zero-order valence-electron chi connectivity index (χ0n) is 19.3. The third kappa shape index (κ3) is 6.81. The highest BCUT2D eigenvalue weighted by atomic mass is 19.1. The van der Waals surface area contributed by atoms with Crippen LogP contribution < -0.4 is 10.1 Å². The number of rotatable bonds is 9. The number of ether oxygens (including phenoxy) is 1. The molecule has 2 aromatic carbocycles. The second-order valence-electron chi connectivity index (χ2n) is 8.14. The Labute approximate surface area is 184 Å². The largest absolute Gasteiger partial charge is 0.483 e. The monoisotopic (exact) mass is 428 g/mol. The zero-order chi connectivity index (χ0) is 23.1. The average molecular weight is 429 g/mol. The predicted octanol–water partition coefficient (Wildman–Crippen LogP) is 4.46. The molecule has 0 fully saturated rings. The Morgan fingerprint density at radius 2 is 1.74 bits per heavy atom. The van der Waals surface area contributed by atoms with Gasteiger partial charge in [0.2, 0.25) is 5.91 Å². The number of nitrogens with zero attached hydrogens (tertiary/aromatic N) is 1. The fraction of sp³-hybridized carbons (Fsp3) is 0.440. The first-order chi connectivity index (χ1) is 14.6. The van der Waals surface area contributed by atoms with Crippen LogP contribution in [0.2, 0.25) is 0 Å². The van der Waals surface area contributed by atoms with Gasteiger partial charge in [0.1, 0.15) is 17.6 Å².